The van der Waals surface area contributed by atoms with E-state index >= 15 is 0 Å². The quantitative estimate of drug-likeness (QED) is 0.209. The molecular weight excluding hydrogens is 436 g/mol. The van der Waals surface area contributed by atoms with Gasteiger partial charge in [0.05, 0.1) is 17.6 Å². The van der Waals surface area contributed by atoms with Gasteiger partial charge in [0.1, 0.15) is 23.3 Å². The molecule has 170 valence electrons. The fraction of sp³-hybridized carbons (Fsp3) is 0.0741. The third-order valence-electron chi connectivity index (χ3n) is 4.74. The lowest BCUT2D eigenvalue weighted by Gasteiger charge is -2.07. The Labute approximate surface area is 194 Å². The molecule has 0 amide bonds. The summed E-state index contributed by atoms with van der Waals surface area (Å²) < 4.78 is 21.4. The Balaban J connectivity index is 1.47. The highest BCUT2D eigenvalue weighted by Crippen LogP contribution is 2.24. The number of ether oxygens (including phenoxy) is 3. The van der Waals surface area contributed by atoms with Gasteiger partial charge >= 0.3 is 11.9 Å². The van der Waals surface area contributed by atoms with E-state index in [2.05, 4.69) is 0 Å². The molecule has 0 atom stereocenters. The summed E-state index contributed by atoms with van der Waals surface area (Å²) in [6.07, 6.45) is 4.15. The minimum absolute atomic E-state index is 0.0214. The van der Waals surface area contributed by atoms with E-state index in [9.17, 15) is 14.4 Å². The summed E-state index contributed by atoms with van der Waals surface area (Å²) in [5, 5.41) is 0.264. The van der Waals surface area contributed by atoms with Crippen LogP contribution in [0.4, 0.5) is 0 Å². The molecule has 0 bridgehead atoms. The molecule has 4 aromatic rings. The first kappa shape index (κ1) is 22.5. The number of carbonyl (C=O) groups is 2. The van der Waals surface area contributed by atoms with Crippen LogP contribution in [0.1, 0.15) is 22.8 Å². The number of hydrogen-bond acceptors (Lipinski definition) is 7. The number of benzene rings is 3. The van der Waals surface area contributed by atoms with Crippen LogP contribution in [0, 0.1) is 0 Å². The first-order valence-corrected chi connectivity index (χ1v) is 10.5. The Morgan fingerprint density at radius 3 is 2.41 bits per heavy atom. The Morgan fingerprint density at radius 1 is 0.941 bits per heavy atom. The second-order valence-corrected chi connectivity index (χ2v) is 7.10. The summed E-state index contributed by atoms with van der Waals surface area (Å²) in [7, 11) is 0. The van der Waals surface area contributed by atoms with Gasteiger partial charge in [-0.15, -0.1) is 0 Å². The van der Waals surface area contributed by atoms with Crippen LogP contribution in [0.15, 0.2) is 94.3 Å². The molecule has 0 aliphatic rings. The maximum atomic E-state index is 12.8. The van der Waals surface area contributed by atoms with Crippen molar-refractivity contribution in [2.24, 2.45) is 0 Å². The fourth-order valence-electron chi connectivity index (χ4n) is 3.10. The molecule has 4 rings (SSSR count). The van der Waals surface area contributed by atoms with E-state index in [4.69, 9.17) is 18.6 Å². The number of carbonyl (C=O) groups excluding carboxylic acids is 2. The van der Waals surface area contributed by atoms with Gasteiger partial charge in [0, 0.05) is 12.1 Å². The zero-order valence-electron chi connectivity index (χ0n) is 18.2. The van der Waals surface area contributed by atoms with Crippen molar-refractivity contribution in [3.63, 3.8) is 0 Å². The van der Waals surface area contributed by atoms with E-state index in [0.29, 0.717) is 11.3 Å². The van der Waals surface area contributed by atoms with Crippen LogP contribution in [0.25, 0.3) is 17.0 Å². The Bertz CT molecular complexity index is 1400. The van der Waals surface area contributed by atoms with E-state index in [1.54, 1.807) is 37.3 Å². The van der Waals surface area contributed by atoms with Gasteiger partial charge in [0.2, 0.25) is 11.2 Å². The molecule has 0 radical (unpaired) electrons. The predicted molar refractivity (Wildman–Crippen MR) is 126 cm³/mol. The van der Waals surface area contributed by atoms with Crippen LogP contribution in [0.2, 0.25) is 0 Å². The summed E-state index contributed by atoms with van der Waals surface area (Å²) >= 11 is 0. The standard InChI is InChI=1S/C27H20O7/c1-2-31-27(30)19-9-11-20(12-10-19)33-24-17-32-23-16-21(13-14-22(23)26(24)29)34-25(28)15-8-18-6-4-3-5-7-18/h3-17H,2H2,1H3. The van der Waals surface area contributed by atoms with Crippen LogP contribution < -0.4 is 14.9 Å². The van der Waals surface area contributed by atoms with Crippen LogP contribution in [0.3, 0.4) is 0 Å². The molecule has 0 aliphatic heterocycles. The van der Waals surface area contributed by atoms with Crippen LogP contribution in [-0.2, 0) is 9.53 Å². The smallest absolute Gasteiger partial charge is 0.338 e. The molecule has 0 N–H and O–H groups in total. The number of esters is 2. The van der Waals surface area contributed by atoms with Crippen LogP contribution in [0.5, 0.6) is 17.2 Å². The molecule has 3 aromatic carbocycles. The molecule has 1 heterocycles. The monoisotopic (exact) mass is 456 g/mol. The van der Waals surface area contributed by atoms with E-state index < -0.39 is 17.4 Å². The highest BCUT2D eigenvalue weighted by Gasteiger charge is 2.12. The van der Waals surface area contributed by atoms with Crippen molar-refractivity contribution in [1.82, 2.24) is 0 Å². The second-order valence-electron chi connectivity index (χ2n) is 7.10. The minimum Gasteiger partial charge on any atom is -0.462 e. The third-order valence-corrected chi connectivity index (χ3v) is 4.74. The molecule has 7 nitrogen and oxygen atoms in total. The van der Waals surface area contributed by atoms with Crippen LogP contribution >= 0.6 is 0 Å². The molecular formula is C27H20O7. The van der Waals surface area contributed by atoms with Gasteiger partial charge in [-0.1, -0.05) is 30.3 Å². The maximum absolute atomic E-state index is 12.8. The molecule has 34 heavy (non-hydrogen) atoms. The van der Waals surface area contributed by atoms with Gasteiger partial charge in [-0.25, -0.2) is 9.59 Å². The molecule has 0 unspecified atom stereocenters. The van der Waals surface area contributed by atoms with Crippen molar-refractivity contribution in [3.8, 4) is 17.2 Å². The van der Waals surface area contributed by atoms with Crippen molar-refractivity contribution in [2.75, 3.05) is 6.61 Å². The molecule has 0 spiro atoms. The predicted octanol–water partition coefficient (Wildman–Crippen LogP) is 5.38. The molecule has 0 fully saturated rings. The van der Waals surface area contributed by atoms with Crippen molar-refractivity contribution in [3.05, 3.63) is 106 Å². The Morgan fingerprint density at radius 2 is 1.68 bits per heavy atom. The van der Waals surface area contributed by atoms with Gasteiger partial charge in [0.15, 0.2) is 0 Å². The van der Waals surface area contributed by atoms with E-state index in [-0.39, 0.29) is 29.1 Å². The van der Waals surface area contributed by atoms with E-state index in [1.807, 2.05) is 30.3 Å². The summed E-state index contributed by atoms with van der Waals surface area (Å²) in [5.41, 5.74) is 1.09. The van der Waals surface area contributed by atoms with Crippen molar-refractivity contribution < 1.29 is 28.2 Å². The summed E-state index contributed by atoms with van der Waals surface area (Å²) in [6.45, 7) is 2.00. The highest BCUT2D eigenvalue weighted by atomic mass is 16.5. The minimum atomic E-state index is -0.559. The summed E-state index contributed by atoms with van der Waals surface area (Å²) in [5.74, 6) is -0.424. The van der Waals surface area contributed by atoms with Crippen molar-refractivity contribution in [1.29, 1.82) is 0 Å². The van der Waals surface area contributed by atoms with E-state index in [1.165, 1.54) is 30.5 Å². The topological polar surface area (TPSA) is 92.0 Å². The Kier molecular flexibility index (Phi) is 6.84. The largest absolute Gasteiger partial charge is 0.462 e. The average Bonchev–Trinajstić information content (AvgIpc) is 2.86. The van der Waals surface area contributed by atoms with E-state index in [0.717, 1.165) is 5.56 Å². The van der Waals surface area contributed by atoms with Crippen LogP contribution in [-0.4, -0.2) is 18.5 Å². The molecule has 7 heteroatoms. The SMILES string of the molecule is CCOC(=O)c1ccc(Oc2coc3cc(OC(=O)C=Cc4ccccc4)ccc3c2=O)cc1. The lowest BCUT2D eigenvalue weighted by atomic mass is 10.2. The highest BCUT2D eigenvalue weighted by molar-refractivity contribution is 5.90. The molecule has 0 saturated heterocycles. The summed E-state index contributed by atoms with van der Waals surface area (Å²) in [6, 6.07) is 20.0. The lowest BCUT2D eigenvalue weighted by molar-refractivity contribution is -0.128. The number of fused-ring (bicyclic) bond motifs is 1. The zero-order chi connectivity index (χ0) is 23.9. The molecule has 1 aromatic heterocycles. The number of rotatable bonds is 7. The van der Waals surface area contributed by atoms with Gasteiger partial charge in [-0.3, -0.25) is 4.79 Å². The third kappa shape index (κ3) is 5.39. The maximum Gasteiger partial charge on any atom is 0.338 e. The average molecular weight is 456 g/mol. The van der Waals surface area contributed by atoms with Crippen molar-refractivity contribution >= 4 is 29.0 Å². The second kappa shape index (κ2) is 10.3. The normalized spacial score (nSPS) is 10.9. The van der Waals surface area contributed by atoms with Crippen molar-refractivity contribution in [2.45, 2.75) is 6.92 Å². The number of hydrogen-bond donors (Lipinski definition) is 0. The molecule has 0 saturated carbocycles. The summed E-state index contributed by atoms with van der Waals surface area (Å²) in [4.78, 5) is 36.7. The lowest BCUT2D eigenvalue weighted by Crippen LogP contribution is -2.07. The van der Waals surface area contributed by atoms with Gasteiger partial charge in [-0.2, -0.15) is 0 Å². The Hall–Kier alpha value is -4.65. The fourth-order valence-corrected chi connectivity index (χ4v) is 3.10. The molecule has 0 aliphatic carbocycles. The van der Waals surface area contributed by atoms with Gasteiger partial charge in [0.25, 0.3) is 0 Å². The van der Waals surface area contributed by atoms with Gasteiger partial charge in [-0.05, 0) is 55.0 Å². The first-order chi connectivity index (χ1) is 16.5. The van der Waals surface area contributed by atoms with Gasteiger partial charge < -0.3 is 18.6 Å². The zero-order valence-corrected chi connectivity index (χ0v) is 18.2. The first-order valence-electron chi connectivity index (χ1n) is 10.5.